The number of rotatable bonds is 11. The van der Waals surface area contributed by atoms with Gasteiger partial charge in [-0.15, -0.1) is 0 Å². The van der Waals surface area contributed by atoms with E-state index in [-0.39, 0.29) is 18.2 Å². The highest BCUT2D eigenvalue weighted by molar-refractivity contribution is 7.80. The van der Waals surface area contributed by atoms with E-state index in [0.717, 1.165) is 39.1 Å². The first-order chi connectivity index (χ1) is 20.5. The van der Waals surface area contributed by atoms with E-state index < -0.39 is 6.04 Å². The molecule has 9 nitrogen and oxygen atoms in total. The maximum atomic E-state index is 13.7. The number of amides is 2. The Morgan fingerprint density at radius 2 is 1.45 bits per heavy atom. The first-order valence-corrected chi connectivity index (χ1v) is 14.6. The molecule has 0 spiro atoms. The summed E-state index contributed by atoms with van der Waals surface area (Å²) in [6.07, 6.45) is 0.819. The van der Waals surface area contributed by atoms with Crippen LogP contribution in [0.4, 0.5) is 17.1 Å². The number of carbonyl (C=O) groups is 2. The maximum absolute atomic E-state index is 13.7. The lowest BCUT2D eigenvalue weighted by Crippen LogP contribution is -2.47. The van der Waals surface area contributed by atoms with Crippen LogP contribution in [0, 0.1) is 0 Å². The lowest BCUT2D eigenvalue weighted by Gasteiger charge is -2.36. The largest absolute Gasteiger partial charge is 0.497 e. The van der Waals surface area contributed by atoms with Crippen LogP contribution in [0.2, 0.25) is 0 Å². The van der Waals surface area contributed by atoms with Crippen LogP contribution >= 0.6 is 12.2 Å². The zero-order valence-electron chi connectivity index (χ0n) is 24.1. The molecule has 10 heteroatoms. The van der Waals surface area contributed by atoms with Gasteiger partial charge in [-0.25, -0.2) is 0 Å². The van der Waals surface area contributed by atoms with Crippen molar-refractivity contribution in [1.29, 1.82) is 0 Å². The molecule has 1 unspecified atom stereocenters. The molecule has 0 bridgehead atoms. The van der Waals surface area contributed by atoms with Crippen LogP contribution in [0.3, 0.4) is 0 Å². The molecule has 5 rings (SSSR count). The highest BCUT2D eigenvalue weighted by atomic mass is 32.1. The molecule has 1 N–H and O–H groups in total. The van der Waals surface area contributed by atoms with Gasteiger partial charge in [0.15, 0.2) is 5.11 Å². The summed E-state index contributed by atoms with van der Waals surface area (Å²) in [6, 6.07) is 24.1. The normalized spacial score (nSPS) is 17.5. The first-order valence-electron chi connectivity index (χ1n) is 14.2. The van der Waals surface area contributed by atoms with Crippen LogP contribution in [-0.4, -0.2) is 86.3 Å². The third kappa shape index (κ3) is 6.83. The fraction of sp³-hybridized carbons (Fsp3) is 0.344. The summed E-state index contributed by atoms with van der Waals surface area (Å²) in [4.78, 5) is 35.2. The Labute approximate surface area is 252 Å². The zero-order valence-corrected chi connectivity index (χ0v) is 24.9. The van der Waals surface area contributed by atoms with Gasteiger partial charge in [0.25, 0.3) is 5.91 Å². The van der Waals surface area contributed by atoms with Crippen LogP contribution < -0.4 is 24.6 Å². The molecule has 0 aromatic heterocycles. The topological polar surface area (TPSA) is 77.6 Å². The molecule has 0 radical (unpaired) electrons. The number of thiocarbonyl (C=S) groups is 1. The monoisotopic (exact) mass is 587 g/mol. The van der Waals surface area contributed by atoms with Gasteiger partial charge in [0, 0.05) is 44.1 Å². The van der Waals surface area contributed by atoms with Gasteiger partial charge >= 0.3 is 0 Å². The van der Waals surface area contributed by atoms with Crippen LogP contribution in [0.25, 0.3) is 0 Å². The van der Waals surface area contributed by atoms with E-state index >= 15 is 0 Å². The maximum Gasteiger partial charge on any atom is 0.256 e. The van der Waals surface area contributed by atoms with Gasteiger partial charge in [0.1, 0.15) is 17.5 Å². The van der Waals surface area contributed by atoms with Crippen LogP contribution in [0.1, 0.15) is 12.8 Å². The Bertz CT molecular complexity index is 1360. The van der Waals surface area contributed by atoms with Gasteiger partial charge in [-0.1, -0.05) is 18.2 Å². The molecule has 2 heterocycles. The minimum Gasteiger partial charge on any atom is -0.497 e. The van der Waals surface area contributed by atoms with Crippen molar-refractivity contribution in [3.8, 4) is 11.5 Å². The summed E-state index contributed by atoms with van der Waals surface area (Å²) < 4.78 is 10.5. The van der Waals surface area contributed by atoms with E-state index in [1.165, 1.54) is 5.69 Å². The molecular weight excluding hydrogens is 550 g/mol. The number of anilines is 3. The molecule has 3 aromatic carbocycles. The highest BCUT2D eigenvalue weighted by Gasteiger charge is 2.44. The second-order valence-corrected chi connectivity index (χ2v) is 10.7. The second kappa shape index (κ2) is 13.7. The molecule has 1 atom stereocenters. The Balaban J connectivity index is 1.23. The molecule has 2 saturated heterocycles. The molecule has 2 aliphatic heterocycles. The molecule has 220 valence electrons. The number of piperazine rings is 1. The van der Waals surface area contributed by atoms with Gasteiger partial charge in [0.2, 0.25) is 5.91 Å². The standard InChI is InChI=1S/C32H37N5O4S/c1-40-27-13-9-24(10-14-27)33-30(38)23-29-31(39)37(26-11-15-28(41-2)16-12-26)32(42)36(29)18-6-17-34-19-21-35(22-20-34)25-7-4-3-5-8-25/h3-5,7-16,29H,6,17-23H2,1-2H3,(H,33,38). The molecule has 0 saturated carbocycles. The number of hydrogen-bond acceptors (Lipinski definition) is 7. The summed E-state index contributed by atoms with van der Waals surface area (Å²) >= 11 is 5.84. The van der Waals surface area contributed by atoms with E-state index in [1.807, 2.05) is 23.1 Å². The molecule has 0 aliphatic carbocycles. The van der Waals surface area contributed by atoms with Crippen molar-refractivity contribution < 1.29 is 19.1 Å². The van der Waals surface area contributed by atoms with Gasteiger partial charge in [-0.3, -0.25) is 19.4 Å². The number of nitrogens with zero attached hydrogens (tertiary/aromatic N) is 4. The van der Waals surface area contributed by atoms with Crippen LogP contribution in [0.15, 0.2) is 78.9 Å². The average Bonchev–Trinajstić information content (AvgIpc) is 3.26. The molecule has 2 amide bonds. The number of benzene rings is 3. The number of carbonyl (C=O) groups excluding carboxylic acids is 2. The van der Waals surface area contributed by atoms with E-state index in [2.05, 4.69) is 39.4 Å². The number of hydrogen-bond donors (Lipinski definition) is 1. The number of nitrogens with one attached hydrogen (secondary N) is 1. The van der Waals surface area contributed by atoms with E-state index in [9.17, 15) is 9.59 Å². The third-order valence-electron chi connectivity index (χ3n) is 7.77. The predicted octanol–water partition coefficient (Wildman–Crippen LogP) is 4.25. The minimum absolute atomic E-state index is 0.00654. The summed E-state index contributed by atoms with van der Waals surface area (Å²) in [7, 11) is 3.19. The fourth-order valence-electron chi connectivity index (χ4n) is 5.45. The number of para-hydroxylation sites is 1. The minimum atomic E-state index is -0.687. The average molecular weight is 588 g/mol. The fourth-order valence-corrected chi connectivity index (χ4v) is 5.87. The van der Waals surface area contributed by atoms with Crippen molar-refractivity contribution >= 4 is 46.2 Å². The summed E-state index contributed by atoms with van der Waals surface area (Å²) in [5.41, 5.74) is 2.56. The lowest BCUT2D eigenvalue weighted by atomic mass is 10.1. The van der Waals surface area contributed by atoms with Gasteiger partial charge in [0.05, 0.1) is 26.3 Å². The summed E-state index contributed by atoms with van der Waals surface area (Å²) in [5, 5.41) is 3.32. The SMILES string of the molecule is COc1ccc(NC(=O)CC2C(=O)N(c3ccc(OC)cc3)C(=S)N2CCCN2CCN(c3ccccc3)CC2)cc1. The molecule has 2 aliphatic rings. The quantitative estimate of drug-likeness (QED) is 0.334. The van der Waals surface area contributed by atoms with Crippen molar-refractivity contribution in [2.45, 2.75) is 18.9 Å². The van der Waals surface area contributed by atoms with Crippen molar-refractivity contribution in [3.63, 3.8) is 0 Å². The van der Waals surface area contributed by atoms with Crippen LogP contribution in [0.5, 0.6) is 11.5 Å². The van der Waals surface area contributed by atoms with Crippen molar-refractivity contribution in [2.24, 2.45) is 0 Å². The zero-order chi connectivity index (χ0) is 29.5. The third-order valence-corrected chi connectivity index (χ3v) is 8.19. The molecular formula is C32H37N5O4S. The van der Waals surface area contributed by atoms with E-state index in [1.54, 1.807) is 55.5 Å². The van der Waals surface area contributed by atoms with Crippen LogP contribution in [-0.2, 0) is 9.59 Å². The Morgan fingerprint density at radius 1 is 0.833 bits per heavy atom. The van der Waals surface area contributed by atoms with Gasteiger partial charge in [-0.05, 0) is 85.8 Å². The number of ether oxygens (including phenoxy) is 2. The van der Waals surface area contributed by atoms with Crippen molar-refractivity contribution in [2.75, 3.05) is 68.6 Å². The highest BCUT2D eigenvalue weighted by Crippen LogP contribution is 2.29. The molecule has 2 fully saturated rings. The summed E-state index contributed by atoms with van der Waals surface area (Å²) in [5.74, 6) is 0.939. The Kier molecular flexibility index (Phi) is 9.55. The number of methoxy groups -OCH3 is 2. The van der Waals surface area contributed by atoms with Crippen molar-refractivity contribution in [1.82, 2.24) is 9.80 Å². The van der Waals surface area contributed by atoms with Gasteiger partial charge in [-0.2, -0.15) is 0 Å². The first kappa shape index (κ1) is 29.3. The predicted molar refractivity (Wildman–Crippen MR) is 170 cm³/mol. The Hall–Kier alpha value is -4.15. The van der Waals surface area contributed by atoms with Crippen molar-refractivity contribution in [3.05, 3.63) is 78.9 Å². The molecule has 42 heavy (non-hydrogen) atoms. The lowest BCUT2D eigenvalue weighted by molar-refractivity contribution is -0.124. The van der Waals surface area contributed by atoms with E-state index in [4.69, 9.17) is 21.7 Å². The molecule has 3 aromatic rings. The summed E-state index contributed by atoms with van der Waals surface area (Å²) in [6.45, 7) is 5.38. The van der Waals surface area contributed by atoms with E-state index in [0.29, 0.717) is 34.5 Å². The smallest absolute Gasteiger partial charge is 0.256 e. The second-order valence-electron chi connectivity index (χ2n) is 10.4. The Morgan fingerprint density at radius 3 is 2.07 bits per heavy atom. The van der Waals surface area contributed by atoms with Gasteiger partial charge < -0.3 is 24.6 Å².